The summed E-state index contributed by atoms with van der Waals surface area (Å²) >= 11 is 0. The van der Waals surface area contributed by atoms with Crippen molar-refractivity contribution in [1.82, 2.24) is 19.6 Å². The van der Waals surface area contributed by atoms with Gasteiger partial charge < -0.3 is 35.7 Å². The molecule has 15 nitrogen and oxygen atoms in total. The Balaban J connectivity index is 0.000000329. The molecule has 0 aliphatic rings. The van der Waals surface area contributed by atoms with Crippen molar-refractivity contribution < 1.29 is 48.8 Å². The summed E-state index contributed by atoms with van der Waals surface area (Å²) in [7, 11) is 0. The third-order valence-corrected chi connectivity index (χ3v) is 8.62. The molecule has 6 rings (SSSR count). The molecule has 16 heteroatoms. The van der Waals surface area contributed by atoms with Gasteiger partial charge in [0.2, 0.25) is 0 Å². The first-order valence-electron chi connectivity index (χ1n) is 18.3. The quantitative estimate of drug-likeness (QED) is 0.128. The monoisotopic (exact) mass is 822 g/mol. The Morgan fingerprint density at radius 2 is 1.03 bits per heavy atom. The number of nitrogens with zero attached hydrogens (tertiary/aromatic N) is 8. The summed E-state index contributed by atoms with van der Waals surface area (Å²) in [6.45, 7) is 8.59. The standard InChI is InChI=1S/2C17H14N4O3.C8H19N.Cr/c2*1-11-15(16(22)21(20-11)12-7-3-2-4-8-12)19-18-14-10-6-5-9-13(14)17(23)24;1-3-5-6-8(4-2)7-9;/h2*2-10,22H,1H3,(H,23,24);8H,3-7,9H2,1-2H3;/q;;;+3/p-3. The number of azo groups is 2. The van der Waals surface area contributed by atoms with Crippen LogP contribution in [0.5, 0.6) is 11.8 Å². The minimum Gasteiger partial charge on any atom is -0.857 e. The van der Waals surface area contributed by atoms with Gasteiger partial charge in [-0.15, -0.1) is 20.5 Å². The van der Waals surface area contributed by atoms with Crippen molar-refractivity contribution in [3.63, 3.8) is 0 Å². The number of nitrogens with two attached hydrogens (primary N) is 1. The Labute approximate surface area is 348 Å². The van der Waals surface area contributed by atoms with Crippen LogP contribution in [0.25, 0.3) is 11.4 Å². The molecule has 4 aromatic carbocycles. The molecule has 0 saturated heterocycles. The van der Waals surface area contributed by atoms with Gasteiger partial charge in [0.1, 0.15) is 11.4 Å². The Kier molecular flexibility index (Phi) is 18.2. The number of unbranched alkanes of at least 4 members (excludes halogenated alkanes) is 1. The van der Waals surface area contributed by atoms with Crippen LogP contribution in [-0.4, -0.2) is 38.0 Å². The van der Waals surface area contributed by atoms with Crippen molar-refractivity contribution in [2.75, 3.05) is 6.54 Å². The van der Waals surface area contributed by atoms with Crippen LogP contribution >= 0.6 is 0 Å². The molecule has 0 saturated carbocycles. The zero-order valence-electron chi connectivity index (χ0n) is 33.5. The molecule has 1 unspecified atom stereocenters. The second-order valence-corrected chi connectivity index (χ2v) is 12.6. The predicted octanol–water partition coefficient (Wildman–Crippen LogP) is 6.34. The van der Waals surface area contributed by atoms with Gasteiger partial charge in [0.25, 0.3) is 0 Å². The third-order valence-electron chi connectivity index (χ3n) is 8.62. The maximum absolute atomic E-state index is 12.4. The first-order chi connectivity index (χ1) is 27.5. The van der Waals surface area contributed by atoms with E-state index in [1.165, 1.54) is 59.3 Å². The number of para-hydroxylation sites is 2. The van der Waals surface area contributed by atoms with E-state index in [2.05, 4.69) is 44.5 Å². The third kappa shape index (κ3) is 12.3. The molecule has 0 aliphatic heterocycles. The largest absolute Gasteiger partial charge is 3.00 e. The SMILES string of the molecule is CCCCC(CC)CN.Cc1nn(-c2ccccc2)c([O-])c1N=Nc1ccccc1C(=O)[O-].Cc1nn(-c2ccccc2)c([O-])c1N=Nc1ccccc1C(=O)[O-].[Cr+3].[H+]. The van der Waals surface area contributed by atoms with Crippen LogP contribution < -0.4 is 26.2 Å². The first kappa shape index (κ1) is 45.9. The number of carboxylic acid groups (broad SMARTS) is 2. The topological polar surface area (TPSA) is 237 Å². The van der Waals surface area contributed by atoms with Gasteiger partial charge in [-0.1, -0.05) is 106 Å². The van der Waals surface area contributed by atoms with Gasteiger partial charge in [-0.25, -0.2) is 9.36 Å². The maximum Gasteiger partial charge on any atom is 3.00 e. The Bertz CT molecular complexity index is 2140. The molecule has 58 heavy (non-hydrogen) atoms. The maximum atomic E-state index is 12.4. The van der Waals surface area contributed by atoms with Gasteiger partial charge in [-0.2, -0.15) is 10.2 Å². The smallest absolute Gasteiger partial charge is 0.857 e. The fraction of sp³-hybridized carbons (Fsp3) is 0.238. The van der Waals surface area contributed by atoms with E-state index in [9.17, 15) is 30.0 Å². The van der Waals surface area contributed by atoms with Crippen molar-refractivity contribution in [3.05, 3.63) is 132 Å². The van der Waals surface area contributed by atoms with E-state index in [1.54, 1.807) is 86.6 Å². The van der Waals surface area contributed by atoms with Gasteiger partial charge in [0, 0.05) is 22.9 Å². The average molecular weight is 823 g/mol. The molecule has 2 aromatic heterocycles. The number of aryl methyl sites for hydroxylation is 2. The molecule has 0 fully saturated rings. The Morgan fingerprint density at radius 3 is 1.38 bits per heavy atom. The number of benzene rings is 4. The molecular formula is C42H44CrN9O6. The summed E-state index contributed by atoms with van der Waals surface area (Å²) in [5.41, 5.74) is 7.72. The first-order valence-corrected chi connectivity index (χ1v) is 18.3. The van der Waals surface area contributed by atoms with Crippen LogP contribution in [0.1, 0.15) is 73.1 Å². The molecule has 6 aromatic rings. The molecule has 0 bridgehead atoms. The average Bonchev–Trinajstić information content (AvgIpc) is 3.69. The fourth-order valence-electron chi connectivity index (χ4n) is 5.37. The van der Waals surface area contributed by atoms with E-state index in [0.717, 1.165) is 12.5 Å². The van der Waals surface area contributed by atoms with E-state index in [-0.39, 0.29) is 52.7 Å². The van der Waals surface area contributed by atoms with E-state index in [1.807, 2.05) is 12.1 Å². The molecule has 2 heterocycles. The Morgan fingerprint density at radius 1 is 0.655 bits per heavy atom. The van der Waals surface area contributed by atoms with Crippen LogP contribution in [0.4, 0.5) is 22.7 Å². The van der Waals surface area contributed by atoms with Crippen LogP contribution in [-0.2, 0) is 17.4 Å². The van der Waals surface area contributed by atoms with Crippen molar-refractivity contribution in [2.24, 2.45) is 32.1 Å². The molecule has 1 atom stereocenters. The number of carboxylic acids is 2. The van der Waals surface area contributed by atoms with Crippen LogP contribution in [0.3, 0.4) is 0 Å². The van der Waals surface area contributed by atoms with Crippen molar-refractivity contribution in [3.8, 4) is 23.1 Å². The number of aromatic nitrogens is 4. The van der Waals surface area contributed by atoms with E-state index in [0.29, 0.717) is 22.8 Å². The number of hydrogen-bond donors (Lipinski definition) is 1. The number of hydrogen-bond acceptors (Lipinski definition) is 13. The van der Waals surface area contributed by atoms with Gasteiger partial charge in [-0.05, 0) is 69.1 Å². The van der Waals surface area contributed by atoms with Crippen molar-refractivity contribution in [2.45, 2.75) is 53.4 Å². The van der Waals surface area contributed by atoms with Crippen LogP contribution in [0, 0.1) is 19.8 Å². The number of carbonyl (C=O) groups is 2. The van der Waals surface area contributed by atoms with Crippen LogP contribution in [0.2, 0.25) is 0 Å². The minimum atomic E-state index is -1.36. The number of carbonyl (C=O) groups excluding carboxylic acids is 2. The van der Waals surface area contributed by atoms with Gasteiger partial charge in [0.15, 0.2) is 0 Å². The molecule has 1 radical (unpaired) electrons. The molecule has 2 N–H and O–H groups in total. The molecule has 0 spiro atoms. The molecule has 299 valence electrons. The molecular weight excluding hydrogens is 779 g/mol. The van der Waals surface area contributed by atoms with Crippen LogP contribution in [0.15, 0.2) is 130 Å². The summed E-state index contributed by atoms with van der Waals surface area (Å²) in [6.07, 6.45) is 5.21. The summed E-state index contributed by atoms with van der Waals surface area (Å²) in [5, 5.41) is 70.9. The second kappa shape index (κ2) is 22.9. The minimum absolute atomic E-state index is 0. The predicted molar refractivity (Wildman–Crippen MR) is 209 cm³/mol. The van der Waals surface area contributed by atoms with Crippen molar-refractivity contribution >= 4 is 34.7 Å². The van der Waals surface area contributed by atoms with Gasteiger partial charge in [0.05, 0.1) is 46.1 Å². The van der Waals surface area contributed by atoms with Gasteiger partial charge in [-0.3, -0.25) is 0 Å². The van der Waals surface area contributed by atoms with Gasteiger partial charge >= 0.3 is 18.8 Å². The number of rotatable bonds is 13. The van der Waals surface area contributed by atoms with Crippen molar-refractivity contribution in [1.29, 1.82) is 0 Å². The van der Waals surface area contributed by atoms with E-state index >= 15 is 0 Å². The second-order valence-electron chi connectivity index (χ2n) is 12.6. The summed E-state index contributed by atoms with van der Waals surface area (Å²) < 4.78 is 2.46. The van der Waals surface area contributed by atoms with E-state index in [4.69, 9.17) is 5.73 Å². The zero-order valence-corrected chi connectivity index (χ0v) is 33.8. The normalized spacial score (nSPS) is 11.3. The zero-order chi connectivity index (χ0) is 41.3. The summed E-state index contributed by atoms with van der Waals surface area (Å²) in [4.78, 5) is 22.1. The molecule has 0 aliphatic carbocycles. The summed E-state index contributed by atoms with van der Waals surface area (Å²) in [5.74, 6) is -2.78. The molecule has 0 amide bonds. The summed E-state index contributed by atoms with van der Waals surface area (Å²) in [6, 6.07) is 29.9. The Hall–Kier alpha value is -6.47. The number of aromatic carboxylic acids is 2. The van der Waals surface area contributed by atoms with E-state index < -0.39 is 23.7 Å². The fourth-order valence-corrected chi connectivity index (χ4v) is 5.37.